The fraction of sp³-hybridized carbons (Fsp3) is 0.364. The monoisotopic (exact) mass is 225 g/mol. The van der Waals surface area contributed by atoms with Gasteiger partial charge >= 0.3 is 0 Å². The molecule has 0 bridgehead atoms. The Morgan fingerprint density at radius 2 is 2.20 bits per heavy atom. The molecule has 15 heavy (non-hydrogen) atoms. The van der Waals surface area contributed by atoms with Crippen LogP contribution in [-0.4, -0.2) is 18.8 Å². The lowest BCUT2D eigenvalue weighted by atomic mass is 10.2. The molecule has 0 heterocycles. The molecule has 1 N–H and O–H groups in total. The molecule has 0 aromatic heterocycles. The van der Waals surface area contributed by atoms with Crippen molar-refractivity contribution in [1.82, 2.24) is 0 Å². The van der Waals surface area contributed by atoms with Crippen LogP contribution < -0.4 is 5.32 Å². The number of rotatable bonds is 5. The summed E-state index contributed by atoms with van der Waals surface area (Å²) in [5.74, 6) is 0.534. The van der Waals surface area contributed by atoms with E-state index in [9.17, 15) is 4.79 Å². The van der Waals surface area contributed by atoms with E-state index in [-0.39, 0.29) is 5.91 Å². The molecule has 0 atom stereocenters. The molecule has 4 heteroatoms. The molecular weight excluding hydrogens is 210 g/mol. The Morgan fingerprint density at radius 3 is 2.87 bits per heavy atom. The number of carbonyl (C=O) groups is 1. The lowest BCUT2D eigenvalue weighted by Gasteiger charge is -2.09. The highest BCUT2D eigenvalue weighted by atomic mass is 32.1. The summed E-state index contributed by atoms with van der Waals surface area (Å²) in [5.41, 5.74) is 1.79. The highest BCUT2D eigenvalue weighted by Gasteiger charge is 2.04. The minimum Gasteiger partial charge on any atom is -0.380 e. The molecule has 3 nitrogen and oxygen atoms in total. The smallest absolute Gasteiger partial charge is 0.225 e. The lowest BCUT2D eigenvalue weighted by molar-refractivity contribution is -0.115. The third-order valence-corrected chi connectivity index (χ3v) is 2.15. The standard InChI is InChI=1S/C11H15NO2S/c1-14-8-9-4-2-3-5-10(9)12-11(13)6-7-15/h2-5,15H,6-8H2,1H3,(H,12,13). The van der Waals surface area contributed by atoms with Gasteiger partial charge in [-0.05, 0) is 11.8 Å². The van der Waals surface area contributed by atoms with E-state index in [1.54, 1.807) is 7.11 Å². The van der Waals surface area contributed by atoms with Gasteiger partial charge < -0.3 is 10.1 Å². The van der Waals surface area contributed by atoms with Crippen LogP contribution in [0.5, 0.6) is 0 Å². The number of benzene rings is 1. The van der Waals surface area contributed by atoms with Gasteiger partial charge in [0, 0.05) is 24.8 Å². The number of para-hydroxylation sites is 1. The van der Waals surface area contributed by atoms with E-state index in [1.165, 1.54) is 0 Å². The Labute approximate surface area is 95.2 Å². The van der Waals surface area contributed by atoms with Crippen LogP contribution in [0.15, 0.2) is 24.3 Å². The molecule has 0 aliphatic rings. The normalized spacial score (nSPS) is 10.0. The van der Waals surface area contributed by atoms with Crippen molar-refractivity contribution < 1.29 is 9.53 Å². The molecule has 1 aromatic carbocycles. The molecule has 1 aromatic rings. The summed E-state index contributed by atoms with van der Waals surface area (Å²) in [6.45, 7) is 0.497. The van der Waals surface area contributed by atoms with Gasteiger partial charge in [0.25, 0.3) is 0 Å². The summed E-state index contributed by atoms with van der Waals surface area (Å²) in [6.07, 6.45) is 0.421. The quantitative estimate of drug-likeness (QED) is 0.753. The van der Waals surface area contributed by atoms with E-state index in [1.807, 2.05) is 24.3 Å². The number of nitrogens with one attached hydrogen (secondary N) is 1. The van der Waals surface area contributed by atoms with Crippen molar-refractivity contribution >= 4 is 24.2 Å². The van der Waals surface area contributed by atoms with Crippen LogP contribution in [0.4, 0.5) is 5.69 Å². The maximum Gasteiger partial charge on any atom is 0.225 e. The van der Waals surface area contributed by atoms with Crippen molar-refractivity contribution in [3.63, 3.8) is 0 Å². The summed E-state index contributed by atoms with van der Waals surface area (Å²) in [5, 5.41) is 2.83. The molecule has 1 amide bonds. The number of anilines is 1. The summed E-state index contributed by atoms with van der Waals surface area (Å²) in [7, 11) is 1.63. The zero-order chi connectivity index (χ0) is 11.1. The summed E-state index contributed by atoms with van der Waals surface area (Å²) in [4.78, 5) is 11.4. The summed E-state index contributed by atoms with van der Waals surface area (Å²) < 4.78 is 5.04. The van der Waals surface area contributed by atoms with E-state index >= 15 is 0 Å². The van der Waals surface area contributed by atoms with Gasteiger partial charge in [-0.3, -0.25) is 4.79 Å². The molecule has 0 radical (unpaired) electrons. The fourth-order valence-electron chi connectivity index (χ4n) is 1.24. The van der Waals surface area contributed by atoms with Crippen LogP contribution in [0.1, 0.15) is 12.0 Å². The molecule has 0 aliphatic heterocycles. The number of hydrogen-bond donors (Lipinski definition) is 2. The van der Waals surface area contributed by atoms with Gasteiger partial charge in [-0.25, -0.2) is 0 Å². The maximum absolute atomic E-state index is 11.4. The van der Waals surface area contributed by atoms with Gasteiger partial charge in [-0.15, -0.1) is 0 Å². The van der Waals surface area contributed by atoms with Crippen LogP contribution >= 0.6 is 12.6 Å². The Hall–Kier alpha value is -1.000. The first-order valence-electron chi connectivity index (χ1n) is 4.75. The van der Waals surface area contributed by atoms with Crippen LogP contribution in [0.25, 0.3) is 0 Å². The van der Waals surface area contributed by atoms with E-state index in [0.29, 0.717) is 18.8 Å². The average Bonchev–Trinajstić information content (AvgIpc) is 2.21. The van der Waals surface area contributed by atoms with E-state index in [4.69, 9.17) is 4.74 Å². The van der Waals surface area contributed by atoms with Gasteiger partial charge in [0.1, 0.15) is 0 Å². The van der Waals surface area contributed by atoms with Crippen LogP contribution in [0.3, 0.4) is 0 Å². The molecule has 0 unspecified atom stereocenters. The summed E-state index contributed by atoms with van der Waals surface area (Å²) >= 11 is 4.01. The second-order valence-corrected chi connectivity index (χ2v) is 3.56. The van der Waals surface area contributed by atoms with E-state index < -0.39 is 0 Å². The SMILES string of the molecule is COCc1ccccc1NC(=O)CCS. The van der Waals surface area contributed by atoms with Crippen LogP contribution in [0.2, 0.25) is 0 Å². The molecule has 0 saturated carbocycles. The number of thiol groups is 1. The van der Waals surface area contributed by atoms with Gasteiger partial charge in [0.05, 0.1) is 6.61 Å². The molecule has 82 valence electrons. The largest absolute Gasteiger partial charge is 0.380 e. The molecule has 0 fully saturated rings. The van der Waals surface area contributed by atoms with Crippen molar-refractivity contribution in [2.45, 2.75) is 13.0 Å². The molecule has 0 aliphatic carbocycles. The van der Waals surface area contributed by atoms with E-state index in [0.717, 1.165) is 11.3 Å². The Bertz CT molecular complexity index is 328. The number of ether oxygens (including phenoxy) is 1. The second-order valence-electron chi connectivity index (χ2n) is 3.11. The highest BCUT2D eigenvalue weighted by molar-refractivity contribution is 7.80. The second kappa shape index (κ2) is 6.48. The van der Waals surface area contributed by atoms with Gasteiger partial charge in [-0.1, -0.05) is 18.2 Å². The first-order chi connectivity index (χ1) is 7.27. The molecule has 0 saturated heterocycles. The minimum absolute atomic E-state index is 0.0199. The highest BCUT2D eigenvalue weighted by Crippen LogP contribution is 2.15. The molecular formula is C11H15NO2S. The Kier molecular flexibility index (Phi) is 5.21. The Morgan fingerprint density at radius 1 is 1.47 bits per heavy atom. The number of amides is 1. The Balaban J connectivity index is 2.70. The van der Waals surface area contributed by atoms with Crippen molar-refractivity contribution in [3.8, 4) is 0 Å². The first-order valence-corrected chi connectivity index (χ1v) is 5.38. The van der Waals surface area contributed by atoms with Gasteiger partial charge in [0.15, 0.2) is 0 Å². The summed E-state index contributed by atoms with van der Waals surface area (Å²) in [6, 6.07) is 7.60. The molecule has 0 spiro atoms. The lowest BCUT2D eigenvalue weighted by Crippen LogP contribution is -2.13. The van der Waals surface area contributed by atoms with Crippen molar-refractivity contribution in [2.24, 2.45) is 0 Å². The van der Waals surface area contributed by atoms with Gasteiger partial charge in [-0.2, -0.15) is 12.6 Å². The number of hydrogen-bond acceptors (Lipinski definition) is 3. The zero-order valence-corrected chi connectivity index (χ0v) is 9.59. The fourth-order valence-corrected chi connectivity index (χ4v) is 1.44. The minimum atomic E-state index is -0.0199. The maximum atomic E-state index is 11.4. The van der Waals surface area contributed by atoms with Crippen molar-refractivity contribution in [3.05, 3.63) is 29.8 Å². The van der Waals surface area contributed by atoms with Crippen LogP contribution in [-0.2, 0) is 16.1 Å². The van der Waals surface area contributed by atoms with Crippen molar-refractivity contribution in [1.29, 1.82) is 0 Å². The number of methoxy groups -OCH3 is 1. The number of carbonyl (C=O) groups excluding carboxylic acids is 1. The topological polar surface area (TPSA) is 38.3 Å². The third kappa shape index (κ3) is 3.93. The predicted molar refractivity (Wildman–Crippen MR) is 64.3 cm³/mol. The average molecular weight is 225 g/mol. The van der Waals surface area contributed by atoms with Crippen LogP contribution in [0, 0.1) is 0 Å². The molecule has 1 rings (SSSR count). The van der Waals surface area contributed by atoms with Gasteiger partial charge in [0.2, 0.25) is 5.91 Å². The van der Waals surface area contributed by atoms with Crippen molar-refractivity contribution in [2.75, 3.05) is 18.2 Å². The zero-order valence-electron chi connectivity index (χ0n) is 8.69. The first kappa shape index (κ1) is 12.1. The third-order valence-electron chi connectivity index (χ3n) is 1.93. The predicted octanol–water partition coefficient (Wildman–Crippen LogP) is 2.09. The van der Waals surface area contributed by atoms with E-state index in [2.05, 4.69) is 17.9 Å².